The summed E-state index contributed by atoms with van der Waals surface area (Å²) in [5.41, 5.74) is 6.30. The molecule has 1 atom stereocenters. The van der Waals surface area contributed by atoms with Gasteiger partial charge in [-0.3, -0.25) is 0 Å². The van der Waals surface area contributed by atoms with E-state index < -0.39 is 6.10 Å². The molecule has 0 saturated carbocycles. The highest BCUT2D eigenvalue weighted by molar-refractivity contribution is 5.64. The molecule has 0 saturated heterocycles. The van der Waals surface area contributed by atoms with Gasteiger partial charge in [0, 0.05) is 0 Å². The molecule has 0 aromatic heterocycles. The molecule has 2 aliphatic heterocycles. The summed E-state index contributed by atoms with van der Waals surface area (Å²) in [4.78, 5) is 11.8. The number of aromatic nitrogens is 4. The Morgan fingerprint density at radius 2 is 2.20 bits per heavy atom. The predicted molar refractivity (Wildman–Crippen MR) is 51.9 cm³/mol. The third-order valence-electron chi connectivity index (χ3n) is 2.07. The number of hydrogen-bond acceptors (Lipinski definition) is 6. The zero-order valence-corrected chi connectivity index (χ0v) is 7.91. The smallest absolute Gasteiger partial charge is 0.184 e. The zero-order valence-electron chi connectivity index (χ0n) is 7.91. The van der Waals surface area contributed by atoms with Crippen LogP contribution in [0.25, 0.3) is 11.5 Å². The van der Waals surface area contributed by atoms with Gasteiger partial charge >= 0.3 is 0 Å². The second-order valence-electron chi connectivity index (χ2n) is 3.16. The van der Waals surface area contributed by atoms with E-state index in [-0.39, 0.29) is 13.2 Å². The molecule has 7 nitrogen and oxygen atoms in total. The highest BCUT2D eigenvalue weighted by Crippen LogP contribution is 2.20. The van der Waals surface area contributed by atoms with Gasteiger partial charge in [0.05, 0.1) is 25.6 Å². The summed E-state index contributed by atoms with van der Waals surface area (Å²) in [6.45, 7) is -0.144. The predicted octanol–water partition coefficient (Wildman–Crippen LogP) is -1.29. The summed E-state index contributed by atoms with van der Waals surface area (Å²) >= 11 is 0. The molecule has 0 aromatic carbocycles. The van der Waals surface area contributed by atoms with Crippen LogP contribution in [0.15, 0.2) is 12.7 Å². The maximum absolute atomic E-state index is 9.27. The van der Waals surface area contributed by atoms with Gasteiger partial charge in [0.25, 0.3) is 0 Å². The molecule has 0 aliphatic carbocycles. The first-order valence-corrected chi connectivity index (χ1v) is 4.42. The van der Waals surface area contributed by atoms with Gasteiger partial charge in [-0.1, -0.05) is 0 Å². The van der Waals surface area contributed by atoms with Crippen molar-refractivity contribution in [3.8, 4) is 11.5 Å². The Hall–Kier alpha value is -1.73. The summed E-state index contributed by atoms with van der Waals surface area (Å²) in [6.07, 6.45) is 1.98. The quantitative estimate of drug-likeness (QED) is 0.580. The van der Waals surface area contributed by atoms with Gasteiger partial charge in [0.15, 0.2) is 5.82 Å². The number of aliphatic hydroxyl groups excluding tert-OH is 2. The number of hydrogen-bond donors (Lipinski definition) is 3. The molecule has 0 bridgehead atoms. The molecule has 0 amide bonds. The van der Waals surface area contributed by atoms with E-state index in [1.165, 1.54) is 17.2 Å². The Labute approximate surface area is 85.6 Å². The van der Waals surface area contributed by atoms with Crippen molar-refractivity contribution in [3.63, 3.8) is 0 Å². The minimum Gasteiger partial charge on any atom is -0.394 e. The second kappa shape index (κ2) is 3.79. The highest BCUT2D eigenvalue weighted by Gasteiger charge is 2.14. The summed E-state index contributed by atoms with van der Waals surface area (Å²) < 4.78 is 1.53. The lowest BCUT2D eigenvalue weighted by Crippen LogP contribution is -2.22. The first-order valence-electron chi connectivity index (χ1n) is 4.42. The minimum absolute atomic E-state index is 0.179. The van der Waals surface area contributed by atoms with Crippen LogP contribution in [0.5, 0.6) is 0 Å². The number of anilines is 1. The van der Waals surface area contributed by atoms with Crippen molar-refractivity contribution >= 4 is 5.82 Å². The molecular weight excluding hydrogens is 198 g/mol. The lowest BCUT2D eigenvalue weighted by atomic mass is 10.3. The van der Waals surface area contributed by atoms with Crippen LogP contribution in [0.3, 0.4) is 0 Å². The lowest BCUT2D eigenvalue weighted by molar-refractivity contribution is 0.0813. The Kier molecular flexibility index (Phi) is 2.48. The van der Waals surface area contributed by atoms with Crippen LogP contribution in [0, 0.1) is 0 Å². The standard InChI is InChI=1S/C8H11N5O2/c9-7-6-8(11-3-10-6)12-4-13(7)1-5(15)2-14/h3-5,14-15H,1-2,9H2. The third kappa shape index (κ3) is 1.74. The van der Waals surface area contributed by atoms with Gasteiger partial charge < -0.3 is 20.5 Å². The molecule has 0 radical (unpaired) electrons. The summed E-state index contributed by atoms with van der Waals surface area (Å²) in [5, 5.41) is 18.0. The van der Waals surface area contributed by atoms with Crippen LogP contribution in [0.1, 0.15) is 0 Å². The van der Waals surface area contributed by atoms with Crippen LogP contribution < -0.4 is 5.73 Å². The van der Waals surface area contributed by atoms with Crippen LogP contribution in [0.4, 0.5) is 5.82 Å². The normalized spacial score (nSPS) is 13.2. The van der Waals surface area contributed by atoms with E-state index in [4.69, 9.17) is 10.8 Å². The van der Waals surface area contributed by atoms with E-state index in [1.54, 1.807) is 0 Å². The monoisotopic (exact) mass is 209 g/mol. The SMILES string of the molecule is Nc1c2ncnc-2ncn1CC(O)CO. The van der Waals surface area contributed by atoms with Crippen molar-refractivity contribution in [2.45, 2.75) is 12.6 Å². The van der Waals surface area contributed by atoms with Crippen molar-refractivity contribution in [1.82, 2.24) is 19.5 Å². The maximum Gasteiger partial charge on any atom is 0.184 e. The van der Waals surface area contributed by atoms with Crippen LogP contribution in [0.2, 0.25) is 0 Å². The van der Waals surface area contributed by atoms with Crippen molar-refractivity contribution in [2.75, 3.05) is 12.3 Å². The first-order chi connectivity index (χ1) is 7.22. The van der Waals surface area contributed by atoms with E-state index in [0.29, 0.717) is 17.3 Å². The maximum atomic E-state index is 9.27. The first kappa shape index (κ1) is 9.81. The topological polar surface area (TPSA) is 110 Å². The largest absolute Gasteiger partial charge is 0.394 e. The lowest BCUT2D eigenvalue weighted by Gasteiger charge is -2.14. The van der Waals surface area contributed by atoms with Gasteiger partial charge in [-0.2, -0.15) is 0 Å². The molecule has 7 heteroatoms. The van der Waals surface area contributed by atoms with E-state index in [9.17, 15) is 5.11 Å². The molecular formula is C8H11N5O2. The molecule has 1 unspecified atom stereocenters. The average molecular weight is 209 g/mol. The fraction of sp³-hybridized carbons (Fsp3) is 0.375. The Bertz CT molecular complexity index is 429. The number of imidazole rings is 1. The number of aliphatic hydroxyl groups is 2. The molecule has 80 valence electrons. The van der Waals surface area contributed by atoms with Crippen molar-refractivity contribution in [1.29, 1.82) is 0 Å². The minimum atomic E-state index is -0.862. The number of fused-ring (bicyclic) bond motifs is 1. The van der Waals surface area contributed by atoms with E-state index in [0.717, 1.165) is 0 Å². The molecule has 0 spiro atoms. The van der Waals surface area contributed by atoms with Crippen LogP contribution in [-0.4, -0.2) is 42.4 Å². The van der Waals surface area contributed by atoms with Gasteiger partial charge in [0.1, 0.15) is 17.8 Å². The van der Waals surface area contributed by atoms with Gasteiger partial charge in [-0.25, -0.2) is 15.0 Å². The molecule has 15 heavy (non-hydrogen) atoms. The zero-order chi connectivity index (χ0) is 10.8. The number of nitrogens with zero attached hydrogens (tertiary/aromatic N) is 4. The van der Waals surface area contributed by atoms with Crippen molar-refractivity contribution in [2.24, 2.45) is 0 Å². The van der Waals surface area contributed by atoms with E-state index in [2.05, 4.69) is 15.0 Å². The number of nitrogen functional groups attached to an aromatic ring is 1. The van der Waals surface area contributed by atoms with Crippen LogP contribution in [-0.2, 0) is 6.54 Å². The molecule has 2 heterocycles. The van der Waals surface area contributed by atoms with Crippen LogP contribution >= 0.6 is 0 Å². The Morgan fingerprint density at radius 3 is 2.93 bits per heavy atom. The fourth-order valence-electron chi connectivity index (χ4n) is 1.29. The Morgan fingerprint density at radius 1 is 1.40 bits per heavy atom. The molecule has 4 N–H and O–H groups in total. The average Bonchev–Trinajstić information content (AvgIpc) is 2.70. The fourth-order valence-corrected chi connectivity index (χ4v) is 1.29. The van der Waals surface area contributed by atoms with Gasteiger partial charge in [-0.05, 0) is 0 Å². The van der Waals surface area contributed by atoms with Crippen molar-refractivity contribution in [3.05, 3.63) is 12.7 Å². The highest BCUT2D eigenvalue weighted by atomic mass is 16.3. The van der Waals surface area contributed by atoms with Gasteiger partial charge in [0.2, 0.25) is 0 Å². The van der Waals surface area contributed by atoms with E-state index in [1.807, 2.05) is 0 Å². The van der Waals surface area contributed by atoms with Crippen molar-refractivity contribution < 1.29 is 10.2 Å². The number of rotatable bonds is 3. The second-order valence-corrected chi connectivity index (χ2v) is 3.16. The Balaban J connectivity index is 2.36. The third-order valence-corrected chi connectivity index (χ3v) is 2.07. The summed E-state index contributed by atoms with van der Waals surface area (Å²) in [6, 6.07) is 0. The molecule has 0 fully saturated rings. The van der Waals surface area contributed by atoms with Gasteiger partial charge in [-0.15, -0.1) is 0 Å². The summed E-state index contributed by atoms with van der Waals surface area (Å²) in [7, 11) is 0. The number of nitrogens with two attached hydrogens (primary N) is 1. The molecule has 2 rings (SSSR count). The summed E-state index contributed by atoms with van der Waals surface area (Å²) in [5.74, 6) is 0.854. The van der Waals surface area contributed by atoms with E-state index >= 15 is 0 Å². The molecule has 0 aromatic rings. The molecule has 2 aliphatic rings.